The minimum absolute atomic E-state index is 0.210. The first-order valence-electron chi connectivity index (χ1n) is 7.43. The average Bonchev–Trinajstić information content (AvgIpc) is 2.40. The molecule has 1 aliphatic carbocycles. The van der Waals surface area contributed by atoms with E-state index in [1.54, 1.807) is 12.1 Å². The molecule has 0 atom stereocenters. The Bertz CT molecular complexity index is 488. The van der Waals surface area contributed by atoms with Crippen LogP contribution in [-0.2, 0) is 10.2 Å². The monoisotopic (exact) mass is 276 g/mol. The molecule has 0 aromatic heterocycles. The number of benzene rings is 1. The fraction of sp³-hybridized carbons (Fsp3) is 0.562. The van der Waals surface area contributed by atoms with E-state index in [0.29, 0.717) is 0 Å². The maximum atomic E-state index is 13.1. The van der Waals surface area contributed by atoms with Crippen LogP contribution in [0.15, 0.2) is 24.3 Å². The average molecular weight is 276 g/mol. The minimum atomic E-state index is -0.408. The van der Waals surface area contributed by atoms with E-state index in [4.69, 9.17) is 5.73 Å². The molecule has 1 aromatic carbocycles. The second kappa shape index (κ2) is 5.17. The number of carbonyl (C=O) groups excluding carboxylic acids is 1. The van der Waals surface area contributed by atoms with Gasteiger partial charge in [0, 0.05) is 19.1 Å². The predicted octanol–water partition coefficient (Wildman–Crippen LogP) is 2.20. The Hall–Kier alpha value is -1.42. The Kier molecular flexibility index (Phi) is 3.50. The van der Waals surface area contributed by atoms with Gasteiger partial charge in [0.2, 0.25) is 5.91 Å². The van der Waals surface area contributed by atoms with Gasteiger partial charge in [0.15, 0.2) is 0 Å². The van der Waals surface area contributed by atoms with Crippen LogP contribution in [0.1, 0.15) is 37.7 Å². The molecule has 3 nitrogen and oxygen atoms in total. The smallest absolute Gasteiger partial charge is 0.233 e. The summed E-state index contributed by atoms with van der Waals surface area (Å²) in [5.74, 6) is -0.0399. The van der Waals surface area contributed by atoms with Crippen molar-refractivity contribution in [3.05, 3.63) is 35.6 Å². The molecule has 0 unspecified atom stereocenters. The lowest BCUT2D eigenvalue weighted by atomic mass is 9.63. The first-order valence-corrected chi connectivity index (χ1v) is 7.43. The highest BCUT2D eigenvalue weighted by atomic mass is 19.1. The summed E-state index contributed by atoms with van der Waals surface area (Å²) in [6.45, 7) is 1.51. The van der Waals surface area contributed by atoms with Crippen LogP contribution in [0.4, 0.5) is 4.39 Å². The number of nitrogens with two attached hydrogens (primary N) is 1. The van der Waals surface area contributed by atoms with Gasteiger partial charge in [-0.25, -0.2) is 4.39 Å². The number of rotatable bonds is 2. The third-order valence-corrected chi connectivity index (χ3v) is 4.84. The molecular formula is C16H21FN2O. The Morgan fingerprint density at radius 2 is 1.80 bits per heavy atom. The highest BCUT2D eigenvalue weighted by molar-refractivity contribution is 5.89. The summed E-state index contributed by atoms with van der Waals surface area (Å²) in [5, 5.41) is 0. The minimum Gasteiger partial charge on any atom is -0.342 e. The number of amides is 1. The van der Waals surface area contributed by atoms with Crippen molar-refractivity contribution in [2.75, 3.05) is 13.1 Å². The van der Waals surface area contributed by atoms with Gasteiger partial charge in [-0.2, -0.15) is 0 Å². The molecule has 0 bridgehead atoms. The Labute approximate surface area is 118 Å². The number of nitrogens with zero attached hydrogens (tertiary/aromatic N) is 1. The topological polar surface area (TPSA) is 46.3 Å². The second-order valence-electron chi connectivity index (χ2n) is 6.07. The fourth-order valence-corrected chi connectivity index (χ4v) is 3.33. The van der Waals surface area contributed by atoms with Gasteiger partial charge in [0.1, 0.15) is 5.82 Å². The Balaban J connectivity index is 1.81. The molecule has 4 heteroatoms. The van der Waals surface area contributed by atoms with Crippen LogP contribution in [-0.4, -0.2) is 29.9 Å². The summed E-state index contributed by atoms with van der Waals surface area (Å²) in [4.78, 5) is 14.8. The van der Waals surface area contributed by atoms with Gasteiger partial charge in [-0.05, 0) is 43.4 Å². The van der Waals surface area contributed by atoms with E-state index < -0.39 is 5.41 Å². The Morgan fingerprint density at radius 3 is 2.30 bits per heavy atom. The highest BCUT2D eigenvalue weighted by Gasteiger charge is 2.47. The van der Waals surface area contributed by atoms with Crippen molar-refractivity contribution in [1.82, 2.24) is 4.90 Å². The zero-order valence-corrected chi connectivity index (χ0v) is 11.6. The SMILES string of the molecule is NC1CCN(C(=O)C2(c3ccc(F)cc3)CCC2)CC1. The third-order valence-electron chi connectivity index (χ3n) is 4.84. The molecule has 20 heavy (non-hydrogen) atoms. The van der Waals surface area contributed by atoms with E-state index >= 15 is 0 Å². The Morgan fingerprint density at radius 1 is 1.20 bits per heavy atom. The lowest BCUT2D eigenvalue weighted by molar-refractivity contribution is -0.142. The number of likely N-dealkylation sites (tertiary alicyclic amines) is 1. The molecule has 108 valence electrons. The van der Waals surface area contributed by atoms with Crippen LogP contribution in [0.25, 0.3) is 0 Å². The highest BCUT2D eigenvalue weighted by Crippen LogP contribution is 2.45. The maximum absolute atomic E-state index is 13.1. The van der Waals surface area contributed by atoms with E-state index in [9.17, 15) is 9.18 Å². The molecule has 0 radical (unpaired) electrons. The fourth-order valence-electron chi connectivity index (χ4n) is 3.33. The molecule has 2 aliphatic rings. The largest absolute Gasteiger partial charge is 0.342 e. The van der Waals surface area contributed by atoms with Crippen molar-refractivity contribution in [3.8, 4) is 0 Å². The van der Waals surface area contributed by atoms with Crippen molar-refractivity contribution < 1.29 is 9.18 Å². The van der Waals surface area contributed by atoms with Gasteiger partial charge in [0.25, 0.3) is 0 Å². The van der Waals surface area contributed by atoms with E-state index in [1.165, 1.54) is 12.1 Å². The molecule has 3 rings (SSSR count). The first kappa shape index (κ1) is 13.6. The van der Waals surface area contributed by atoms with Crippen LogP contribution in [0, 0.1) is 5.82 Å². The van der Waals surface area contributed by atoms with Crippen molar-refractivity contribution >= 4 is 5.91 Å². The zero-order chi connectivity index (χ0) is 14.2. The molecule has 0 spiro atoms. The number of carbonyl (C=O) groups is 1. The van der Waals surface area contributed by atoms with E-state index in [0.717, 1.165) is 50.8 Å². The van der Waals surface area contributed by atoms with Crippen molar-refractivity contribution in [3.63, 3.8) is 0 Å². The molecule has 1 amide bonds. The predicted molar refractivity (Wildman–Crippen MR) is 75.7 cm³/mol. The van der Waals surface area contributed by atoms with Crippen molar-refractivity contribution in [2.24, 2.45) is 5.73 Å². The van der Waals surface area contributed by atoms with Gasteiger partial charge in [-0.3, -0.25) is 4.79 Å². The summed E-state index contributed by atoms with van der Waals surface area (Å²) < 4.78 is 13.1. The summed E-state index contributed by atoms with van der Waals surface area (Å²) in [6.07, 6.45) is 4.58. The summed E-state index contributed by atoms with van der Waals surface area (Å²) >= 11 is 0. The lowest BCUT2D eigenvalue weighted by Gasteiger charge is -2.45. The second-order valence-corrected chi connectivity index (χ2v) is 6.07. The van der Waals surface area contributed by atoms with Gasteiger partial charge >= 0.3 is 0 Å². The third kappa shape index (κ3) is 2.22. The van der Waals surface area contributed by atoms with Gasteiger partial charge < -0.3 is 10.6 Å². The van der Waals surface area contributed by atoms with Gasteiger partial charge in [0.05, 0.1) is 5.41 Å². The zero-order valence-electron chi connectivity index (χ0n) is 11.6. The molecular weight excluding hydrogens is 255 g/mol. The molecule has 1 heterocycles. The van der Waals surface area contributed by atoms with E-state index in [1.807, 2.05) is 4.90 Å². The van der Waals surface area contributed by atoms with E-state index in [2.05, 4.69) is 0 Å². The van der Waals surface area contributed by atoms with Crippen molar-refractivity contribution in [2.45, 2.75) is 43.6 Å². The van der Waals surface area contributed by atoms with Crippen molar-refractivity contribution in [1.29, 1.82) is 0 Å². The summed E-state index contributed by atoms with van der Waals surface area (Å²) in [5.41, 5.74) is 6.46. The summed E-state index contributed by atoms with van der Waals surface area (Å²) in [7, 11) is 0. The summed E-state index contributed by atoms with van der Waals surface area (Å²) in [6, 6.07) is 6.66. The first-order chi connectivity index (χ1) is 9.62. The number of hydrogen-bond acceptors (Lipinski definition) is 2. The molecule has 2 fully saturated rings. The molecule has 1 aromatic rings. The van der Waals surface area contributed by atoms with Crippen LogP contribution in [0.5, 0.6) is 0 Å². The molecule has 1 saturated heterocycles. The number of piperidine rings is 1. The standard InChI is InChI=1S/C16H21FN2O/c17-13-4-2-12(3-5-13)16(8-1-9-16)15(20)19-10-6-14(18)7-11-19/h2-5,14H,1,6-11,18H2. The van der Waals surface area contributed by atoms with E-state index in [-0.39, 0.29) is 17.8 Å². The van der Waals surface area contributed by atoms with Crippen LogP contribution < -0.4 is 5.73 Å². The molecule has 1 aliphatic heterocycles. The van der Waals surface area contributed by atoms with Gasteiger partial charge in [-0.15, -0.1) is 0 Å². The quantitative estimate of drug-likeness (QED) is 0.900. The molecule has 1 saturated carbocycles. The molecule has 2 N–H and O–H groups in total. The van der Waals surface area contributed by atoms with Crippen LogP contribution in [0.2, 0.25) is 0 Å². The van der Waals surface area contributed by atoms with Crippen LogP contribution in [0.3, 0.4) is 0 Å². The lowest BCUT2D eigenvalue weighted by Crippen LogP contribution is -2.54. The number of hydrogen-bond donors (Lipinski definition) is 1. The van der Waals surface area contributed by atoms with Crippen LogP contribution >= 0.6 is 0 Å². The normalized spacial score (nSPS) is 22.4. The number of halogens is 1. The van der Waals surface area contributed by atoms with Gasteiger partial charge in [-0.1, -0.05) is 18.6 Å². The maximum Gasteiger partial charge on any atom is 0.233 e.